The Kier molecular flexibility index (Phi) is 2.04. The largest absolute Gasteiger partial charge is 0.389 e. The van der Waals surface area contributed by atoms with E-state index in [0.29, 0.717) is 0 Å². The average Bonchev–Trinajstić information content (AvgIpc) is 2.93. The van der Waals surface area contributed by atoms with Crippen LogP contribution >= 0.6 is 46.4 Å². The van der Waals surface area contributed by atoms with E-state index in [1.165, 1.54) is 0 Å². The van der Waals surface area contributed by atoms with Crippen molar-refractivity contribution in [2.45, 2.75) is 41.0 Å². The van der Waals surface area contributed by atoms with E-state index in [4.69, 9.17) is 51.2 Å². The first-order valence-electron chi connectivity index (χ1n) is 5.27. The third kappa shape index (κ3) is 0.945. The summed E-state index contributed by atoms with van der Waals surface area (Å²) in [4.78, 5) is 5.48. The Labute approximate surface area is 114 Å². The molecule has 0 bridgehead atoms. The van der Waals surface area contributed by atoms with Crippen LogP contribution < -0.4 is 0 Å². The molecule has 2 fully saturated rings. The Morgan fingerprint density at radius 2 is 1.88 bits per heavy atom. The molecule has 0 N–H and O–H groups in total. The van der Waals surface area contributed by atoms with Gasteiger partial charge in [0.1, 0.15) is 5.60 Å². The summed E-state index contributed by atoms with van der Waals surface area (Å²) in [7, 11) is 0. The summed E-state index contributed by atoms with van der Waals surface area (Å²) in [5.41, 5.74) is -0.0109. The Balaban J connectivity index is 1.93. The summed E-state index contributed by atoms with van der Waals surface area (Å²) < 4.78 is -2.37. The van der Waals surface area contributed by atoms with Crippen LogP contribution in [0.2, 0.25) is 0 Å². The predicted octanol–water partition coefficient (Wildman–Crippen LogP) is 3.91. The van der Waals surface area contributed by atoms with Crippen molar-refractivity contribution in [1.82, 2.24) is 0 Å². The second-order valence-electron chi connectivity index (χ2n) is 5.02. The van der Waals surface area contributed by atoms with Crippen LogP contribution in [-0.2, 0) is 4.84 Å². The first-order chi connectivity index (χ1) is 7.24. The lowest BCUT2D eigenvalue weighted by Crippen LogP contribution is -2.22. The highest BCUT2D eigenvalue weighted by Gasteiger charge is 2.89. The molecule has 2 nitrogen and oxygen atoms in total. The van der Waals surface area contributed by atoms with Crippen molar-refractivity contribution in [3.05, 3.63) is 0 Å². The van der Waals surface area contributed by atoms with Gasteiger partial charge in [-0.1, -0.05) is 58.5 Å². The van der Waals surface area contributed by atoms with Crippen LogP contribution in [0.15, 0.2) is 5.16 Å². The number of hydrogen-bond donors (Lipinski definition) is 0. The van der Waals surface area contributed by atoms with Gasteiger partial charge in [0.2, 0.25) is 0 Å². The number of alkyl halides is 4. The molecule has 2 atom stereocenters. The second-order valence-corrected chi connectivity index (χ2v) is 7.67. The van der Waals surface area contributed by atoms with Gasteiger partial charge < -0.3 is 4.84 Å². The standard InChI is InChI=1S/C10H11Cl4NO/c1-3-8-4-5(8)6(15-16-8)7(2)9(11,12)10(7,13)14/h5H,3-4H2,1-2H3/t5-,8-/m1/s1. The molecule has 0 aromatic carbocycles. The lowest BCUT2D eigenvalue weighted by Gasteiger charge is -2.10. The number of fused-ring (bicyclic) bond motifs is 1. The molecule has 16 heavy (non-hydrogen) atoms. The molecule has 3 rings (SSSR count). The van der Waals surface area contributed by atoms with E-state index in [2.05, 4.69) is 12.1 Å². The van der Waals surface area contributed by atoms with Gasteiger partial charge in [-0.3, -0.25) is 0 Å². The van der Waals surface area contributed by atoms with E-state index in [0.717, 1.165) is 18.6 Å². The molecule has 2 aliphatic carbocycles. The van der Waals surface area contributed by atoms with Gasteiger partial charge in [0.15, 0.2) is 8.67 Å². The summed E-state index contributed by atoms with van der Waals surface area (Å²) >= 11 is 24.6. The predicted molar refractivity (Wildman–Crippen MR) is 66.6 cm³/mol. The van der Waals surface area contributed by atoms with Crippen LogP contribution in [0.4, 0.5) is 0 Å². The maximum Gasteiger partial charge on any atom is 0.165 e. The molecule has 2 saturated carbocycles. The highest BCUT2D eigenvalue weighted by Crippen LogP contribution is 2.80. The molecule has 90 valence electrons. The first-order valence-corrected chi connectivity index (χ1v) is 6.78. The Hall–Kier alpha value is 0.630. The summed E-state index contributed by atoms with van der Waals surface area (Å²) in [6.07, 6.45) is 1.89. The maximum atomic E-state index is 6.16. The normalized spacial score (nSPS) is 44.4. The van der Waals surface area contributed by atoms with Crippen molar-refractivity contribution in [2.24, 2.45) is 16.5 Å². The molecule has 0 aromatic rings. The zero-order valence-electron chi connectivity index (χ0n) is 8.86. The monoisotopic (exact) mass is 301 g/mol. The number of rotatable bonds is 2. The minimum atomic E-state index is -1.18. The van der Waals surface area contributed by atoms with E-state index < -0.39 is 14.1 Å². The van der Waals surface area contributed by atoms with Gasteiger partial charge in [0.05, 0.1) is 11.1 Å². The number of oxime groups is 1. The molecule has 0 radical (unpaired) electrons. The fourth-order valence-electron chi connectivity index (χ4n) is 2.70. The fourth-order valence-corrected chi connectivity index (χ4v) is 4.41. The highest BCUT2D eigenvalue weighted by atomic mass is 35.5. The Morgan fingerprint density at radius 3 is 2.19 bits per heavy atom. The average molecular weight is 303 g/mol. The summed E-state index contributed by atoms with van der Waals surface area (Å²) in [6, 6.07) is 0. The van der Waals surface area contributed by atoms with E-state index in [1.54, 1.807) is 0 Å². The van der Waals surface area contributed by atoms with E-state index in [1.807, 2.05) is 6.92 Å². The molecule has 0 unspecified atom stereocenters. The quantitative estimate of drug-likeness (QED) is 0.709. The molecular weight excluding hydrogens is 292 g/mol. The van der Waals surface area contributed by atoms with Crippen molar-refractivity contribution < 1.29 is 4.84 Å². The summed E-state index contributed by atoms with van der Waals surface area (Å²) in [6.45, 7) is 3.93. The van der Waals surface area contributed by atoms with Crippen LogP contribution in [0, 0.1) is 11.3 Å². The minimum Gasteiger partial charge on any atom is -0.389 e. The third-order valence-corrected chi connectivity index (χ3v) is 7.41. The Bertz CT molecular complexity index is 392. The second kappa shape index (κ2) is 2.79. The number of halogens is 4. The van der Waals surface area contributed by atoms with Crippen LogP contribution in [0.5, 0.6) is 0 Å². The van der Waals surface area contributed by atoms with Crippen molar-refractivity contribution >= 4 is 52.1 Å². The van der Waals surface area contributed by atoms with E-state index >= 15 is 0 Å². The van der Waals surface area contributed by atoms with Crippen molar-refractivity contribution in [2.75, 3.05) is 0 Å². The summed E-state index contributed by atoms with van der Waals surface area (Å²) in [5.74, 6) is 0.277. The van der Waals surface area contributed by atoms with Gasteiger partial charge in [-0.2, -0.15) is 0 Å². The molecule has 3 aliphatic rings. The van der Waals surface area contributed by atoms with Gasteiger partial charge in [-0.25, -0.2) is 0 Å². The molecule has 0 spiro atoms. The number of nitrogens with zero attached hydrogens (tertiary/aromatic N) is 1. The SMILES string of the molecule is CC[C@@]12C[C@@H]1C(C1(C)C(Cl)(Cl)C1(Cl)Cl)=NO2. The molecule has 1 aliphatic heterocycles. The maximum absolute atomic E-state index is 6.16. The lowest BCUT2D eigenvalue weighted by atomic mass is 9.96. The third-order valence-electron chi connectivity index (χ3n) is 4.38. The smallest absolute Gasteiger partial charge is 0.165 e. The van der Waals surface area contributed by atoms with E-state index in [-0.39, 0.29) is 11.5 Å². The van der Waals surface area contributed by atoms with E-state index in [9.17, 15) is 0 Å². The zero-order chi connectivity index (χ0) is 12.0. The van der Waals surface area contributed by atoms with Gasteiger partial charge >= 0.3 is 0 Å². The minimum absolute atomic E-state index is 0.130. The van der Waals surface area contributed by atoms with Crippen LogP contribution in [-0.4, -0.2) is 20.0 Å². The van der Waals surface area contributed by atoms with Crippen LogP contribution in [0.3, 0.4) is 0 Å². The van der Waals surface area contributed by atoms with Crippen molar-refractivity contribution in [3.63, 3.8) is 0 Å². The number of hydrogen-bond acceptors (Lipinski definition) is 2. The molecule has 1 heterocycles. The highest BCUT2D eigenvalue weighted by molar-refractivity contribution is 6.71. The molecule has 0 saturated heterocycles. The van der Waals surface area contributed by atoms with Gasteiger partial charge in [-0.05, 0) is 13.3 Å². The first kappa shape index (κ1) is 11.7. The molecule has 0 amide bonds. The topological polar surface area (TPSA) is 21.6 Å². The summed E-state index contributed by atoms with van der Waals surface area (Å²) in [5, 5.41) is 4.11. The van der Waals surface area contributed by atoms with Crippen molar-refractivity contribution in [3.8, 4) is 0 Å². The van der Waals surface area contributed by atoms with Gasteiger partial charge in [0, 0.05) is 12.3 Å². The fraction of sp³-hybridized carbons (Fsp3) is 0.900. The van der Waals surface area contributed by atoms with Crippen molar-refractivity contribution in [1.29, 1.82) is 0 Å². The zero-order valence-corrected chi connectivity index (χ0v) is 11.9. The van der Waals surface area contributed by atoms with Gasteiger partial charge in [0.25, 0.3) is 0 Å². The van der Waals surface area contributed by atoms with Crippen LogP contribution in [0.25, 0.3) is 0 Å². The van der Waals surface area contributed by atoms with Gasteiger partial charge in [-0.15, -0.1) is 0 Å². The Morgan fingerprint density at radius 1 is 1.31 bits per heavy atom. The molecular formula is C10H11Cl4NO. The van der Waals surface area contributed by atoms with Crippen LogP contribution in [0.1, 0.15) is 26.7 Å². The molecule has 0 aromatic heterocycles. The molecule has 6 heteroatoms. The lowest BCUT2D eigenvalue weighted by molar-refractivity contribution is 0.0442.